The molecule has 4 nitrogen and oxygen atoms in total. The average molecular weight is 580 g/mol. The maximum atomic E-state index is 13.3. The van der Waals surface area contributed by atoms with Crippen LogP contribution in [0.25, 0.3) is 0 Å². The smallest absolute Gasteiger partial charge is 0.417 e. The van der Waals surface area contributed by atoms with Crippen LogP contribution in [0.4, 0.5) is 13.2 Å². The van der Waals surface area contributed by atoms with Crippen molar-refractivity contribution in [2.24, 2.45) is 17.3 Å². The van der Waals surface area contributed by atoms with E-state index in [9.17, 15) is 18.0 Å². The van der Waals surface area contributed by atoms with Gasteiger partial charge in [-0.1, -0.05) is 36.2 Å². The molecule has 0 N–H and O–H groups in total. The van der Waals surface area contributed by atoms with Crippen LogP contribution in [0.2, 0.25) is 0 Å². The van der Waals surface area contributed by atoms with Crippen molar-refractivity contribution in [1.29, 1.82) is 0 Å². The quantitative estimate of drug-likeness (QED) is 0.351. The van der Waals surface area contributed by atoms with Gasteiger partial charge in [-0.25, -0.2) is 0 Å². The van der Waals surface area contributed by atoms with Crippen molar-refractivity contribution < 1.29 is 22.7 Å². The summed E-state index contributed by atoms with van der Waals surface area (Å²) in [7, 11) is 0. The van der Waals surface area contributed by atoms with E-state index < -0.39 is 11.7 Å². The first kappa shape index (κ1) is 26.5. The molecule has 37 heavy (non-hydrogen) atoms. The molecule has 4 unspecified atom stereocenters. The lowest BCUT2D eigenvalue weighted by molar-refractivity contribution is -0.144. The Hall–Kier alpha value is -2.09. The Morgan fingerprint density at radius 1 is 1.22 bits per heavy atom. The summed E-state index contributed by atoms with van der Waals surface area (Å²) in [6.45, 7) is 6.13. The summed E-state index contributed by atoms with van der Waals surface area (Å²) in [5, 5.41) is 0. The van der Waals surface area contributed by atoms with Gasteiger partial charge in [0, 0.05) is 35.9 Å². The number of hydrogen-bond acceptors (Lipinski definition) is 3. The Bertz CT molecular complexity index is 1170. The Labute approximate surface area is 225 Å². The zero-order chi connectivity index (χ0) is 26.4. The van der Waals surface area contributed by atoms with Crippen molar-refractivity contribution in [3.8, 4) is 5.75 Å². The fourth-order valence-electron chi connectivity index (χ4n) is 6.92. The number of rotatable bonds is 1. The topological polar surface area (TPSA) is 42.4 Å². The van der Waals surface area contributed by atoms with Gasteiger partial charge in [0.1, 0.15) is 5.75 Å². The van der Waals surface area contributed by atoms with E-state index in [2.05, 4.69) is 40.8 Å². The van der Waals surface area contributed by atoms with Crippen molar-refractivity contribution in [3.05, 3.63) is 57.3 Å². The minimum absolute atomic E-state index is 0.169. The van der Waals surface area contributed by atoms with Crippen LogP contribution in [0.5, 0.6) is 5.75 Å². The van der Waals surface area contributed by atoms with Crippen molar-refractivity contribution in [2.45, 2.75) is 77.4 Å². The highest BCUT2D eigenvalue weighted by Crippen LogP contribution is 2.57. The molecule has 2 aromatic rings. The molecule has 4 aliphatic rings. The third kappa shape index (κ3) is 5.27. The van der Waals surface area contributed by atoms with Gasteiger partial charge in [-0.2, -0.15) is 13.2 Å². The van der Waals surface area contributed by atoms with Gasteiger partial charge in [-0.3, -0.25) is 9.78 Å². The number of halogens is 4. The molecule has 4 atom stereocenters. The number of ether oxygens (including phenoxy) is 1. The second-order valence-corrected chi connectivity index (χ2v) is 12.2. The molecule has 6 rings (SSSR count). The van der Waals surface area contributed by atoms with Crippen LogP contribution in [-0.4, -0.2) is 28.9 Å². The number of aromatic nitrogens is 1. The van der Waals surface area contributed by atoms with E-state index in [1.807, 2.05) is 12.1 Å². The van der Waals surface area contributed by atoms with Crippen molar-refractivity contribution in [1.82, 2.24) is 9.88 Å². The number of hydrogen-bond donors (Lipinski definition) is 0. The second-order valence-electron chi connectivity index (χ2n) is 11.3. The number of fused-ring (bicyclic) bond motifs is 3. The average Bonchev–Trinajstić information content (AvgIpc) is 3.40. The second kappa shape index (κ2) is 10.2. The van der Waals surface area contributed by atoms with Crippen LogP contribution < -0.4 is 4.74 Å². The van der Waals surface area contributed by atoms with Crippen LogP contribution in [0.15, 0.2) is 34.9 Å². The summed E-state index contributed by atoms with van der Waals surface area (Å²) in [5.74, 6) is 2.87. The number of pyridine rings is 1. The minimum Gasteiger partial charge on any atom is -0.493 e. The first-order chi connectivity index (χ1) is 17.6. The lowest BCUT2D eigenvalue weighted by Crippen LogP contribution is -2.46. The van der Waals surface area contributed by atoms with E-state index in [1.54, 1.807) is 4.90 Å². The van der Waals surface area contributed by atoms with E-state index in [0.29, 0.717) is 42.0 Å². The van der Waals surface area contributed by atoms with E-state index in [-0.39, 0.29) is 17.9 Å². The number of carbonyl (C=O) groups excluding carboxylic acids is 1. The number of benzene rings is 1. The monoisotopic (exact) mass is 578 g/mol. The van der Waals surface area contributed by atoms with Crippen molar-refractivity contribution >= 4 is 21.8 Å². The van der Waals surface area contributed by atoms with Crippen LogP contribution in [0.3, 0.4) is 0 Å². The molecule has 2 aliphatic carbocycles. The Morgan fingerprint density at radius 2 is 2.03 bits per heavy atom. The molecule has 8 heteroatoms. The molecule has 2 aliphatic heterocycles. The van der Waals surface area contributed by atoms with E-state index in [0.717, 1.165) is 61.6 Å². The largest absolute Gasteiger partial charge is 0.493 e. The Balaban J connectivity index is 0.000000195. The molecule has 2 fully saturated rings. The standard InChI is InChI=1S/C19H23F3N2O.C10H11BrO/c1-12-7-14-3-2-5-18(14,9-12)17(25)24-6-4-16-13(11-24)8-15(10-23-16)19(20,21)22;1-7-4-5-12-10-3-2-8(11)6-9(7)10/h8,10,12,14H,2-7,9,11H2,1H3;2-3,6-7H,4-5H2,1H3. The molecule has 3 heterocycles. The molecule has 1 aromatic heterocycles. The zero-order valence-corrected chi connectivity index (χ0v) is 23.0. The van der Waals surface area contributed by atoms with Gasteiger partial charge in [0.2, 0.25) is 5.91 Å². The molecular formula is C29H34BrF3N2O2. The number of alkyl halides is 3. The highest BCUT2D eigenvalue weighted by Gasteiger charge is 2.55. The summed E-state index contributed by atoms with van der Waals surface area (Å²) >= 11 is 3.46. The number of carbonyl (C=O) groups is 1. The molecule has 1 aromatic carbocycles. The maximum Gasteiger partial charge on any atom is 0.417 e. The summed E-state index contributed by atoms with van der Waals surface area (Å²) in [4.78, 5) is 19.1. The van der Waals surface area contributed by atoms with Gasteiger partial charge >= 0.3 is 6.18 Å². The van der Waals surface area contributed by atoms with E-state index >= 15 is 0 Å². The fraction of sp³-hybridized carbons (Fsp3) is 0.586. The first-order valence-electron chi connectivity index (χ1n) is 13.3. The molecule has 0 spiro atoms. The van der Waals surface area contributed by atoms with Crippen LogP contribution in [0, 0.1) is 17.3 Å². The Morgan fingerprint density at radius 3 is 2.81 bits per heavy atom. The van der Waals surface area contributed by atoms with Crippen molar-refractivity contribution in [2.75, 3.05) is 13.2 Å². The van der Waals surface area contributed by atoms with Gasteiger partial charge in [0.25, 0.3) is 0 Å². The predicted molar refractivity (Wildman–Crippen MR) is 139 cm³/mol. The molecular weight excluding hydrogens is 545 g/mol. The van der Waals surface area contributed by atoms with Crippen LogP contribution in [0.1, 0.15) is 80.7 Å². The SMILES string of the molecule is CC1CC2CCCC2(C(=O)N2CCc3ncc(C(F)(F)F)cc3C2)C1.CC1CCOc2ccc(Br)cc21. The van der Waals surface area contributed by atoms with Gasteiger partial charge < -0.3 is 9.64 Å². The highest BCUT2D eigenvalue weighted by molar-refractivity contribution is 9.10. The normalized spacial score (nSPS) is 28.4. The van der Waals surface area contributed by atoms with Gasteiger partial charge in [-0.15, -0.1) is 0 Å². The number of amides is 1. The first-order valence-corrected chi connectivity index (χ1v) is 14.1. The summed E-state index contributed by atoms with van der Waals surface area (Å²) in [6, 6.07) is 7.38. The van der Waals surface area contributed by atoms with Gasteiger partial charge in [0.15, 0.2) is 0 Å². The molecule has 0 bridgehead atoms. The van der Waals surface area contributed by atoms with Crippen LogP contribution >= 0.6 is 15.9 Å². The molecule has 200 valence electrons. The summed E-state index contributed by atoms with van der Waals surface area (Å²) in [6.07, 6.45) is 3.35. The molecule has 0 radical (unpaired) electrons. The van der Waals surface area contributed by atoms with E-state index in [4.69, 9.17) is 4.74 Å². The molecule has 1 amide bonds. The van der Waals surface area contributed by atoms with Crippen LogP contribution in [-0.2, 0) is 23.9 Å². The fourth-order valence-corrected chi connectivity index (χ4v) is 7.30. The van der Waals surface area contributed by atoms with Gasteiger partial charge in [-0.05, 0) is 85.3 Å². The Kier molecular flexibility index (Phi) is 7.33. The minimum atomic E-state index is -4.40. The number of nitrogens with zero attached hydrogens (tertiary/aromatic N) is 2. The third-order valence-corrected chi connectivity index (χ3v) is 9.24. The third-order valence-electron chi connectivity index (χ3n) is 8.75. The zero-order valence-electron chi connectivity index (χ0n) is 21.4. The van der Waals surface area contributed by atoms with Gasteiger partial charge in [0.05, 0.1) is 17.6 Å². The maximum absolute atomic E-state index is 13.3. The summed E-state index contributed by atoms with van der Waals surface area (Å²) < 4.78 is 45.5. The predicted octanol–water partition coefficient (Wildman–Crippen LogP) is 7.54. The summed E-state index contributed by atoms with van der Waals surface area (Å²) in [5.41, 5.74) is 1.58. The molecule has 0 saturated heterocycles. The lowest BCUT2D eigenvalue weighted by atomic mass is 9.78. The lowest BCUT2D eigenvalue weighted by Gasteiger charge is -2.37. The molecule has 2 saturated carbocycles. The van der Waals surface area contributed by atoms with E-state index in [1.165, 1.54) is 11.6 Å². The van der Waals surface area contributed by atoms with Crippen molar-refractivity contribution in [3.63, 3.8) is 0 Å². The highest BCUT2D eigenvalue weighted by atomic mass is 79.9.